The Morgan fingerprint density at radius 1 is 1.04 bits per heavy atom. The second-order valence-corrected chi connectivity index (χ2v) is 7.03. The predicted octanol–water partition coefficient (Wildman–Crippen LogP) is 4.41. The van der Waals surface area contributed by atoms with Crippen LogP contribution in [0.15, 0.2) is 59.6 Å². The molecule has 2 N–H and O–H groups in total. The maximum atomic E-state index is 13.5. The van der Waals surface area contributed by atoms with E-state index in [0.29, 0.717) is 28.6 Å². The van der Waals surface area contributed by atoms with Crippen LogP contribution in [-0.4, -0.2) is 21.9 Å². The minimum absolute atomic E-state index is 0.131. The molecule has 0 spiro atoms. The number of benzene rings is 2. The van der Waals surface area contributed by atoms with Crippen LogP contribution < -0.4 is 10.6 Å². The molecule has 0 aliphatic heterocycles. The Morgan fingerprint density at radius 3 is 2.50 bits per heavy atom. The third-order valence-corrected chi connectivity index (χ3v) is 4.75. The van der Waals surface area contributed by atoms with Crippen LogP contribution in [0.3, 0.4) is 0 Å². The third kappa shape index (κ3) is 5.75. The van der Waals surface area contributed by atoms with Crippen molar-refractivity contribution in [2.75, 3.05) is 16.4 Å². The van der Waals surface area contributed by atoms with Crippen molar-refractivity contribution in [2.24, 2.45) is 0 Å². The molecular weight excluding hydrogens is 382 g/mol. The second-order valence-electron chi connectivity index (χ2n) is 6.04. The number of aromatic nitrogens is 2. The van der Waals surface area contributed by atoms with Crippen LogP contribution in [0.1, 0.15) is 11.1 Å². The van der Waals surface area contributed by atoms with Crippen molar-refractivity contribution in [3.63, 3.8) is 0 Å². The molecule has 1 aromatic heterocycles. The molecule has 1 heterocycles. The van der Waals surface area contributed by atoms with Crippen molar-refractivity contribution in [3.05, 3.63) is 77.4 Å². The summed E-state index contributed by atoms with van der Waals surface area (Å²) in [7, 11) is 0. The van der Waals surface area contributed by atoms with E-state index < -0.39 is 0 Å². The van der Waals surface area contributed by atoms with Gasteiger partial charge in [0.15, 0.2) is 0 Å². The number of carbonyl (C=O) groups is 1. The van der Waals surface area contributed by atoms with Crippen LogP contribution in [0, 0.1) is 18.6 Å². The summed E-state index contributed by atoms with van der Waals surface area (Å²) in [5, 5.41) is 14.5. The van der Waals surface area contributed by atoms with Crippen molar-refractivity contribution in [2.45, 2.75) is 18.5 Å². The van der Waals surface area contributed by atoms with Crippen LogP contribution >= 0.6 is 11.8 Å². The van der Waals surface area contributed by atoms with Crippen molar-refractivity contribution in [1.82, 2.24) is 10.2 Å². The zero-order valence-electron chi connectivity index (χ0n) is 15.1. The Balaban J connectivity index is 1.46. The lowest BCUT2D eigenvalue weighted by Gasteiger charge is -2.07. The number of nitrogens with zero attached hydrogens (tertiary/aromatic N) is 2. The van der Waals surface area contributed by atoms with E-state index >= 15 is 0 Å². The zero-order chi connectivity index (χ0) is 19.9. The summed E-state index contributed by atoms with van der Waals surface area (Å²) in [6.07, 6.45) is 0. The molecule has 0 radical (unpaired) electrons. The molecule has 0 fully saturated rings. The number of hydrogen-bond donors (Lipinski definition) is 2. The number of hydrogen-bond acceptors (Lipinski definition) is 5. The van der Waals surface area contributed by atoms with Gasteiger partial charge in [-0.15, -0.1) is 10.2 Å². The average Bonchev–Trinajstić information content (AvgIpc) is 2.69. The maximum absolute atomic E-state index is 13.5. The van der Waals surface area contributed by atoms with Crippen LogP contribution in [0.4, 0.5) is 20.3 Å². The van der Waals surface area contributed by atoms with E-state index in [9.17, 15) is 13.6 Å². The SMILES string of the molecule is Cc1ccc(NC(=O)CSc2ccc(NCc3ccc(F)cc3)nn2)cc1F. The number of carbonyl (C=O) groups excluding carboxylic acids is 1. The van der Waals surface area contributed by atoms with Gasteiger partial charge in [0, 0.05) is 12.2 Å². The number of halogens is 2. The molecule has 144 valence electrons. The summed E-state index contributed by atoms with van der Waals surface area (Å²) in [5.74, 6) is -0.185. The Labute approximate surface area is 165 Å². The molecule has 2 aromatic carbocycles. The monoisotopic (exact) mass is 400 g/mol. The van der Waals surface area contributed by atoms with Gasteiger partial charge in [0.05, 0.1) is 5.75 Å². The molecule has 3 aromatic rings. The summed E-state index contributed by atoms with van der Waals surface area (Å²) in [6.45, 7) is 2.16. The number of nitrogens with one attached hydrogen (secondary N) is 2. The fourth-order valence-electron chi connectivity index (χ4n) is 2.29. The standard InChI is InChI=1S/C20H18F2N4OS/c1-13-2-7-16(10-17(13)22)24-19(27)12-28-20-9-8-18(25-26-20)23-11-14-3-5-15(21)6-4-14/h2-10H,11-12H2,1H3,(H,23,25)(H,24,27). The lowest BCUT2D eigenvalue weighted by atomic mass is 10.2. The molecule has 0 bridgehead atoms. The van der Waals surface area contributed by atoms with Gasteiger partial charge < -0.3 is 10.6 Å². The largest absolute Gasteiger partial charge is 0.365 e. The fraction of sp³-hybridized carbons (Fsp3) is 0.150. The Hall–Kier alpha value is -3.00. The van der Waals surface area contributed by atoms with Gasteiger partial charge in [-0.3, -0.25) is 4.79 Å². The summed E-state index contributed by atoms with van der Waals surface area (Å²) < 4.78 is 26.4. The van der Waals surface area contributed by atoms with Crippen LogP contribution in [0.5, 0.6) is 0 Å². The summed E-state index contributed by atoms with van der Waals surface area (Å²) in [5.41, 5.74) is 1.86. The number of anilines is 2. The molecule has 28 heavy (non-hydrogen) atoms. The van der Waals surface area contributed by atoms with Gasteiger partial charge in [-0.25, -0.2) is 8.78 Å². The van der Waals surface area contributed by atoms with E-state index in [0.717, 1.165) is 5.56 Å². The van der Waals surface area contributed by atoms with Crippen molar-refractivity contribution in [3.8, 4) is 0 Å². The highest BCUT2D eigenvalue weighted by molar-refractivity contribution is 7.99. The normalized spacial score (nSPS) is 10.5. The van der Waals surface area contributed by atoms with Crippen molar-refractivity contribution in [1.29, 1.82) is 0 Å². The quantitative estimate of drug-likeness (QED) is 0.575. The first kappa shape index (κ1) is 19.8. The Morgan fingerprint density at radius 2 is 1.82 bits per heavy atom. The van der Waals surface area contributed by atoms with E-state index in [-0.39, 0.29) is 23.3 Å². The minimum Gasteiger partial charge on any atom is -0.365 e. The van der Waals surface area contributed by atoms with Gasteiger partial charge >= 0.3 is 0 Å². The maximum Gasteiger partial charge on any atom is 0.234 e. The van der Waals surface area contributed by atoms with E-state index in [1.54, 1.807) is 43.3 Å². The van der Waals surface area contributed by atoms with Gasteiger partial charge in [0.2, 0.25) is 5.91 Å². The Kier molecular flexibility index (Phi) is 6.54. The van der Waals surface area contributed by atoms with Gasteiger partial charge in [0.25, 0.3) is 0 Å². The fourth-order valence-corrected chi connectivity index (χ4v) is 2.91. The molecule has 0 unspecified atom stereocenters. The minimum atomic E-state index is -0.361. The van der Waals surface area contributed by atoms with Crippen LogP contribution in [0.25, 0.3) is 0 Å². The van der Waals surface area contributed by atoms with Crippen molar-refractivity contribution < 1.29 is 13.6 Å². The summed E-state index contributed by atoms with van der Waals surface area (Å²) >= 11 is 1.23. The molecule has 1 amide bonds. The van der Waals surface area contributed by atoms with Gasteiger partial charge in [0.1, 0.15) is 22.5 Å². The van der Waals surface area contributed by atoms with Gasteiger partial charge in [-0.2, -0.15) is 0 Å². The highest BCUT2D eigenvalue weighted by Gasteiger charge is 2.07. The van der Waals surface area contributed by atoms with Crippen LogP contribution in [0.2, 0.25) is 0 Å². The number of thioether (sulfide) groups is 1. The van der Waals surface area contributed by atoms with Crippen molar-refractivity contribution >= 4 is 29.2 Å². The third-order valence-electron chi connectivity index (χ3n) is 3.83. The average molecular weight is 400 g/mol. The molecule has 0 aliphatic carbocycles. The summed E-state index contributed by atoms with van der Waals surface area (Å²) in [4.78, 5) is 12.0. The molecule has 0 atom stereocenters. The van der Waals surface area contributed by atoms with E-state index in [4.69, 9.17) is 0 Å². The van der Waals surface area contributed by atoms with E-state index in [2.05, 4.69) is 20.8 Å². The molecule has 5 nitrogen and oxygen atoms in total. The molecular formula is C20H18F2N4OS. The first-order valence-electron chi connectivity index (χ1n) is 8.50. The van der Waals surface area contributed by atoms with Gasteiger partial charge in [-0.1, -0.05) is 30.0 Å². The zero-order valence-corrected chi connectivity index (χ0v) is 15.9. The molecule has 3 rings (SSSR count). The summed E-state index contributed by atoms with van der Waals surface area (Å²) in [6, 6.07) is 14.3. The van der Waals surface area contributed by atoms with E-state index in [1.165, 1.54) is 30.0 Å². The highest BCUT2D eigenvalue weighted by Crippen LogP contribution is 2.18. The lowest BCUT2D eigenvalue weighted by Crippen LogP contribution is -2.14. The lowest BCUT2D eigenvalue weighted by molar-refractivity contribution is -0.113. The smallest absolute Gasteiger partial charge is 0.234 e. The number of aryl methyl sites for hydroxylation is 1. The number of amides is 1. The first-order chi connectivity index (χ1) is 13.5. The number of rotatable bonds is 7. The molecule has 0 saturated carbocycles. The van der Waals surface area contributed by atoms with E-state index in [1.807, 2.05) is 0 Å². The predicted molar refractivity (Wildman–Crippen MR) is 106 cm³/mol. The first-order valence-corrected chi connectivity index (χ1v) is 9.49. The topological polar surface area (TPSA) is 66.9 Å². The van der Waals surface area contributed by atoms with Crippen LogP contribution in [-0.2, 0) is 11.3 Å². The molecule has 8 heteroatoms. The Bertz CT molecular complexity index is 949. The van der Waals surface area contributed by atoms with Gasteiger partial charge in [-0.05, 0) is 54.4 Å². The molecule has 0 saturated heterocycles. The highest BCUT2D eigenvalue weighted by atomic mass is 32.2. The molecule has 0 aliphatic rings. The second kappa shape index (κ2) is 9.27.